The summed E-state index contributed by atoms with van der Waals surface area (Å²) in [5.41, 5.74) is 2.30. The van der Waals surface area contributed by atoms with E-state index in [2.05, 4.69) is 4.72 Å². The van der Waals surface area contributed by atoms with Gasteiger partial charge in [-0.15, -0.1) is 0 Å². The number of halogens is 1. The highest BCUT2D eigenvalue weighted by molar-refractivity contribution is 7.89. The molecular formula is C23H22FNO4S. The van der Waals surface area contributed by atoms with Gasteiger partial charge >= 0.3 is 5.97 Å². The van der Waals surface area contributed by atoms with Gasteiger partial charge < -0.3 is 4.74 Å². The molecule has 1 unspecified atom stereocenters. The molecule has 0 aliphatic heterocycles. The molecule has 0 amide bonds. The van der Waals surface area contributed by atoms with Crippen molar-refractivity contribution < 1.29 is 22.3 Å². The fourth-order valence-electron chi connectivity index (χ4n) is 2.83. The van der Waals surface area contributed by atoms with E-state index >= 15 is 0 Å². The van der Waals surface area contributed by atoms with Crippen molar-refractivity contribution in [2.24, 2.45) is 0 Å². The largest absolute Gasteiger partial charge is 0.460 e. The van der Waals surface area contributed by atoms with Gasteiger partial charge in [-0.25, -0.2) is 12.8 Å². The Morgan fingerprint density at radius 2 is 1.57 bits per heavy atom. The van der Waals surface area contributed by atoms with Gasteiger partial charge in [0, 0.05) is 0 Å². The van der Waals surface area contributed by atoms with Gasteiger partial charge in [-0.2, -0.15) is 4.72 Å². The monoisotopic (exact) mass is 427 g/mol. The molecule has 3 aromatic rings. The highest BCUT2D eigenvalue weighted by atomic mass is 32.2. The Morgan fingerprint density at radius 3 is 2.20 bits per heavy atom. The molecule has 7 heteroatoms. The van der Waals surface area contributed by atoms with Crippen molar-refractivity contribution in [3.05, 3.63) is 101 Å². The van der Waals surface area contributed by atoms with E-state index < -0.39 is 27.9 Å². The lowest BCUT2D eigenvalue weighted by Crippen LogP contribution is -2.43. The third kappa shape index (κ3) is 5.98. The topological polar surface area (TPSA) is 72.5 Å². The van der Waals surface area contributed by atoms with Crippen molar-refractivity contribution in [1.29, 1.82) is 0 Å². The minimum atomic E-state index is -3.96. The van der Waals surface area contributed by atoms with Crippen molar-refractivity contribution in [2.75, 3.05) is 0 Å². The van der Waals surface area contributed by atoms with Gasteiger partial charge in [-0.05, 0) is 48.7 Å². The Morgan fingerprint density at radius 1 is 0.933 bits per heavy atom. The van der Waals surface area contributed by atoms with Crippen LogP contribution in [0.25, 0.3) is 0 Å². The molecule has 30 heavy (non-hydrogen) atoms. The number of sulfonamides is 1. The second kappa shape index (κ2) is 9.65. The number of benzene rings is 3. The zero-order valence-corrected chi connectivity index (χ0v) is 17.2. The summed E-state index contributed by atoms with van der Waals surface area (Å²) >= 11 is 0. The van der Waals surface area contributed by atoms with E-state index in [-0.39, 0.29) is 17.9 Å². The molecule has 156 valence electrons. The molecule has 0 saturated carbocycles. The summed E-state index contributed by atoms with van der Waals surface area (Å²) in [7, 11) is -3.96. The average molecular weight is 427 g/mol. The molecule has 0 fully saturated rings. The first kappa shape index (κ1) is 21.7. The summed E-state index contributed by atoms with van der Waals surface area (Å²) < 4.78 is 46.6. The van der Waals surface area contributed by atoms with Crippen LogP contribution in [0.2, 0.25) is 0 Å². The Labute approximate surface area is 175 Å². The van der Waals surface area contributed by atoms with E-state index in [9.17, 15) is 17.6 Å². The number of esters is 1. The van der Waals surface area contributed by atoms with Crippen LogP contribution in [0, 0.1) is 12.7 Å². The first-order valence-corrected chi connectivity index (χ1v) is 10.9. The van der Waals surface area contributed by atoms with Crippen LogP contribution >= 0.6 is 0 Å². The second-order valence-electron chi connectivity index (χ2n) is 6.91. The summed E-state index contributed by atoms with van der Waals surface area (Å²) in [4.78, 5) is 12.8. The fourth-order valence-corrected chi connectivity index (χ4v) is 4.02. The lowest BCUT2D eigenvalue weighted by molar-refractivity contribution is -0.147. The molecule has 0 aliphatic rings. The lowest BCUT2D eigenvalue weighted by atomic mass is 10.1. The van der Waals surface area contributed by atoms with Crippen molar-refractivity contribution >= 4 is 16.0 Å². The summed E-state index contributed by atoms with van der Waals surface area (Å²) in [6, 6.07) is 19.8. The van der Waals surface area contributed by atoms with Crippen molar-refractivity contribution in [1.82, 2.24) is 4.72 Å². The predicted molar refractivity (Wildman–Crippen MR) is 112 cm³/mol. The van der Waals surface area contributed by atoms with E-state index in [1.807, 2.05) is 25.1 Å². The number of ether oxygens (including phenoxy) is 1. The molecule has 1 N–H and O–H groups in total. The van der Waals surface area contributed by atoms with Crippen LogP contribution in [-0.4, -0.2) is 20.4 Å². The van der Waals surface area contributed by atoms with Crippen LogP contribution < -0.4 is 4.72 Å². The first-order chi connectivity index (χ1) is 14.3. The molecule has 0 radical (unpaired) electrons. The lowest BCUT2D eigenvalue weighted by Gasteiger charge is -2.18. The number of carbonyl (C=O) groups is 1. The smallest absolute Gasteiger partial charge is 0.324 e. The molecule has 5 nitrogen and oxygen atoms in total. The summed E-state index contributed by atoms with van der Waals surface area (Å²) in [5, 5.41) is 0. The molecule has 1 atom stereocenters. The van der Waals surface area contributed by atoms with E-state index in [0.717, 1.165) is 11.1 Å². The van der Waals surface area contributed by atoms with Crippen LogP contribution in [0.15, 0.2) is 83.8 Å². The number of aryl methyl sites for hydroxylation is 1. The Kier molecular flexibility index (Phi) is 6.97. The van der Waals surface area contributed by atoms with Crippen LogP contribution in [-0.2, 0) is 32.6 Å². The maximum Gasteiger partial charge on any atom is 0.324 e. The summed E-state index contributed by atoms with van der Waals surface area (Å²) in [6.45, 7) is 1.87. The minimum absolute atomic E-state index is 0.0197. The quantitative estimate of drug-likeness (QED) is 0.556. The second-order valence-corrected chi connectivity index (χ2v) is 8.62. The Bertz CT molecular complexity index is 1080. The van der Waals surface area contributed by atoms with Crippen LogP contribution in [0.1, 0.15) is 16.7 Å². The third-order valence-corrected chi connectivity index (χ3v) is 5.98. The number of rotatable bonds is 8. The van der Waals surface area contributed by atoms with Crippen LogP contribution in [0.3, 0.4) is 0 Å². The zero-order chi connectivity index (χ0) is 21.6. The highest BCUT2D eigenvalue weighted by Crippen LogP contribution is 2.14. The van der Waals surface area contributed by atoms with E-state index in [1.54, 1.807) is 24.3 Å². The number of carbonyl (C=O) groups excluding carboxylic acids is 1. The van der Waals surface area contributed by atoms with Gasteiger partial charge in [0.2, 0.25) is 10.0 Å². The van der Waals surface area contributed by atoms with Crippen molar-refractivity contribution in [2.45, 2.75) is 30.9 Å². The van der Waals surface area contributed by atoms with Gasteiger partial charge in [0.1, 0.15) is 18.5 Å². The normalized spacial score (nSPS) is 12.3. The van der Waals surface area contributed by atoms with E-state index in [1.165, 1.54) is 36.4 Å². The first-order valence-electron chi connectivity index (χ1n) is 9.37. The molecular weight excluding hydrogens is 405 g/mol. The number of hydrogen-bond donors (Lipinski definition) is 1. The van der Waals surface area contributed by atoms with Crippen molar-refractivity contribution in [3.63, 3.8) is 0 Å². The van der Waals surface area contributed by atoms with Gasteiger partial charge in [0.05, 0.1) is 4.90 Å². The van der Waals surface area contributed by atoms with E-state index in [4.69, 9.17) is 4.74 Å². The maximum atomic E-state index is 13.2. The van der Waals surface area contributed by atoms with Crippen molar-refractivity contribution in [3.8, 4) is 0 Å². The molecule has 0 aliphatic carbocycles. The SMILES string of the molecule is Cc1ccc(S(=O)(=O)NC(Cc2ccc(F)cc2)C(=O)OCc2ccccc2)cc1. The zero-order valence-electron chi connectivity index (χ0n) is 16.4. The van der Waals surface area contributed by atoms with Gasteiger partial charge in [-0.1, -0.05) is 60.2 Å². The number of hydrogen-bond acceptors (Lipinski definition) is 4. The highest BCUT2D eigenvalue weighted by Gasteiger charge is 2.27. The molecule has 0 spiro atoms. The van der Waals surface area contributed by atoms with Gasteiger partial charge in [-0.3, -0.25) is 4.79 Å². The number of nitrogens with one attached hydrogen (secondary N) is 1. The Hall–Kier alpha value is -3.03. The average Bonchev–Trinajstić information content (AvgIpc) is 2.74. The minimum Gasteiger partial charge on any atom is -0.460 e. The molecule has 0 aromatic heterocycles. The standard InChI is InChI=1S/C23H22FNO4S/c1-17-7-13-21(14-8-17)30(27,28)25-22(15-18-9-11-20(24)12-10-18)23(26)29-16-19-5-3-2-4-6-19/h2-14,22,25H,15-16H2,1H3. The van der Waals surface area contributed by atoms with Crippen LogP contribution in [0.4, 0.5) is 4.39 Å². The molecule has 0 heterocycles. The van der Waals surface area contributed by atoms with Gasteiger partial charge in [0.15, 0.2) is 0 Å². The molecule has 0 saturated heterocycles. The molecule has 3 aromatic carbocycles. The summed E-state index contributed by atoms with van der Waals surface area (Å²) in [5.74, 6) is -1.12. The fraction of sp³-hybridized carbons (Fsp3) is 0.174. The maximum absolute atomic E-state index is 13.2. The summed E-state index contributed by atoms with van der Waals surface area (Å²) in [6.07, 6.45) is 0.0268. The third-order valence-electron chi connectivity index (χ3n) is 4.49. The van der Waals surface area contributed by atoms with Gasteiger partial charge in [0.25, 0.3) is 0 Å². The van der Waals surface area contributed by atoms with E-state index in [0.29, 0.717) is 5.56 Å². The Balaban J connectivity index is 1.79. The molecule has 3 rings (SSSR count). The van der Waals surface area contributed by atoms with Crippen LogP contribution in [0.5, 0.6) is 0 Å². The predicted octanol–water partition coefficient (Wildman–Crippen LogP) is 3.77. The molecule has 0 bridgehead atoms.